The summed E-state index contributed by atoms with van der Waals surface area (Å²) in [6.07, 6.45) is -3.83. The van der Waals surface area contributed by atoms with Crippen molar-refractivity contribution < 1.29 is 33.2 Å². The smallest absolute Gasteiger partial charge is 0.338 e. The van der Waals surface area contributed by atoms with Gasteiger partial charge in [-0.05, 0) is 46.8 Å². The Morgan fingerprint density at radius 1 is 1.00 bits per heavy atom. The van der Waals surface area contributed by atoms with Crippen molar-refractivity contribution in [3.63, 3.8) is 0 Å². The van der Waals surface area contributed by atoms with Crippen LogP contribution in [0.1, 0.15) is 49.8 Å². The zero-order chi connectivity index (χ0) is 25.8. The molecular formula is C25H30N2O9. The summed E-state index contributed by atoms with van der Waals surface area (Å²) >= 11 is 0. The molecule has 3 fully saturated rings. The first-order chi connectivity index (χ1) is 16.9. The van der Waals surface area contributed by atoms with Gasteiger partial charge >= 0.3 is 11.7 Å². The van der Waals surface area contributed by atoms with Gasteiger partial charge in [-0.2, -0.15) is 0 Å². The van der Waals surface area contributed by atoms with Crippen LogP contribution in [-0.4, -0.2) is 64.2 Å². The fraction of sp³-hybridized carbons (Fsp3) is 0.560. The highest BCUT2D eigenvalue weighted by molar-refractivity contribution is 5.89. The Labute approximate surface area is 207 Å². The molecule has 0 aliphatic carbocycles. The fourth-order valence-corrected chi connectivity index (χ4v) is 4.84. The normalized spacial score (nSPS) is 32.7. The molecule has 3 aliphatic heterocycles. The van der Waals surface area contributed by atoms with Crippen LogP contribution in [0.5, 0.6) is 0 Å². The van der Waals surface area contributed by atoms with Crippen LogP contribution in [0.4, 0.5) is 0 Å². The molecule has 11 heteroatoms. The second kappa shape index (κ2) is 8.93. The van der Waals surface area contributed by atoms with Crippen LogP contribution in [0.2, 0.25) is 0 Å². The molecule has 194 valence electrons. The number of ether oxygens (including phenoxy) is 6. The molecule has 3 aliphatic rings. The molecule has 0 amide bonds. The Bertz CT molecular complexity index is 1250. The van der Waals surface area contributed by atoms with Gasteiger partial charge in [-0.1, -0.05) is 18.2 Å². The van der Waals surface area contributed by atoms with Gasteiger partial charge in [0.1, 0.15) is 24.4 Å². The number of carbonyl (C=O) groups is 1. The monoisotopic (exact) mass is 502 g/mol. The molecule has 6 atom stereocenters. The van der Waals surface area contributed by atoms with Crippen LogP contribution in [0.25, 0.3) is 0 Å². The van der Waals surface area contributed by atoms with Crippen LogP contribution >= 0.6 is 0 Å². The maximum atomic E-state index is 13.2. The van der Waals surface area contributed by atoms with Gasteiger partial charge in [0.05, 0.1) is 12.2 Å². The van der Waals surface area contributed by atoms with E-state index in [2.05, 4.69) is 4.98 Å². The van der Waals surface area contributed by atoms with Crippen molar-refractivity contribution in [2.24, 2.45) is 0 Å². The molecule has 0 radical (unpaired) electrons. The third-order valence-electron chi connectivity index (χ3n) is 6.46. The van der Waals surface area contributed by atoms with Gasteiger partial charge in [-0.3, -0.25) is 14.3 Å². The highest BCUT2D eigenvalue weighted by Gasteiger charge is 2.60. The molecule has 1 aromatic carbocycles. The number of aromatic nitrogens is 2. The number of fused-ring (bicyclic) bond motifs is 3. The van der Waals surface area contributed by atoms with E-state index >= 15 is 0 Å². The van der Waals surface area contributed by atoms with Gasteiger partial charge in [-0.25, -0.2) is 9.59 Å². The first kappa shape index (κ1) is 24.8. The number of nitrogens with one attached hydrogen (secondary N) is 1. The average Bonchev–Trinajstić information content (AvgIpc) is 3.09. The highest BCUT2D eigenvalue weighted by Crippen LogP contribution is 2.44. The number of aryl methyl sites for hydroxylation is 1. The van der Waals surface area contributed by atoms with Crippen molar-refractivity contribution >= 4 is 5.97 Å². The minimum absolute atomic E-state index is 0.137. The number of nitrogens with zero attached hydrogens (tertiary/aromatic N) is 1. The maximum Gasteiger partial charge on any atom is 0.338 e. The van der Waals surface area contributed by atoms with Crippen molar-refractivity contribution in [2.45, 2.75) is 82.9 Å². The van der Waals surface area contributed by atoms with Crippen LogP contribution in [0.3, 0.4) is 0 Å². The van der Waals surface area contributed by atoms with E-state index in [0.717, 1.165) is 0 Å². The van der Waals surface area contributed by atoms with Crippen LogP contribution in [0, 0.1) is 6.92 Å². The van der Waals surface area contributed by atoms with Gasteiger partial charge in [0.2, 0.25) is 0 Å². The third-order valence-corrected chi connectivity index (χ3v) is 6.46. The summed E-state index contributed by atoms with van der Waals surface area (Å²) < 4.78 is 38.1. The number of aromatic amines is 1. The predicted octanol–water partition coefficient (Wildman–Crippen LogP) is 1.64. The number of esters is 1. The first-order valence-electron chi connectivity index (χ1n) is 11.9. The molecule has 2 aromatic rings. The van der Waals surface area contributed by atoms with Gasteiger partial charge in [0.15, 0.2) is 23.9 Å². The Hall–Kier alpha value is -2.83. The SMILES string of the molecule is Cc1cn([C@@H]2OC3COC(C)(C)O[C@H]3[C@@H]3OC(C)(C)OC3C2OC(=O)c2ccccc2)c(=O)[nH]c1=O. The number of H-pyrrole nitrogens is 1. The Kier molecular flexibility index (Phi) is 6.16. The summed E-state index contributed by atoms with van der Waals surface area (Å²) in [5, 5.41) is 0. The highest BCUT2D eigenvalue weighted by atomic mass is 16.8. The van der Waals surface area contributed by atoms with Crippen LogP contribution in [0.15, 0.2) is 46.1 Å². The van der Waals surface area contributed by atoms with Gasteiger partial charge in [0.25, 0.3) is 5.56 Å². The summed E-state index contributed by atoms with van der Waals surface area (Å²) in [5.41, 5.74) is -0.642. The minimum Gasteiger partial charge on any atom is -0.451 e. The topological polar surface area (TPSA) is 127 Å². The van der Waals surface area contributed by atoms with Crippen LogP contribution < -0.4 is 11.2 Å². The molecule has 3 saturated heterocycles. The Morgan fingerprint density at radius 2 is 1.67 bits per heavy atom. The van der Waals surface area contributed by atoms with E-state index in [4.69, 9.17) is 28.4 Å². The average molecular weight is 503 g/mol. The quantitative estimate of drug-likeness (QED) is 0.623. The second-order valence-electron chi connectivity index (χ2n) is 10.1. The van der Waals surface area contributed by atoms with E-state index in [1.165, 1.54) is 10.8 Å². The number of carbonyl (C=O) groups excluding carboxylic acids is 1. The van der Waals surface area contributed by atoms with E-state index < -0.39 is 65.5 Å². The van der Waals surface area contributed by atoms with E-state index in [1.807, 2.05) is 0 Å². The lowest BCUT2D eigenvalue weighted by Gasteiger charge is -2.42. The Balaban J connectivity index is 1.63. The summed E-state index contributed by atoms with van der Waals surface area (Å²) in [6.45, 7) is 8.77. The van der Waals surface area contributed by atoms with Gasteiger partial charge < -0.3 is 28.4 Å². The van der Waals surface area contributed by atoms with Crippen molar-refractivity contribution in [1.29, 1.82) is 0 Å². The van der Waals surface area contributed by atoms with E-state index in [9.17, 15) is 14.4 Å². The van der Waals surface area contributed by atoms with E-state index in [1.54, 1.807) is 65.0 Å². The molecule has 1 N–H and O–H groups in total. The summed E-state index contributed by atoms with van der Waals surface area (Å²) in [5.74, 6) is -2.58. The van der Waals surface area contributed by atoms with Crippen LogP contribution in [-0.2, 0) is 28.4 Å². The lowest BCUT2D eigenvalue weighted by molar-refractivity contribution is -0.332. The fourth-order valence-electron chi connectivity index (χ4n) is 4.84. The minimum atomic E-state index is -1.17. The standard InChI is InChI=1S/C25H30N2O9/c1-13-11-27(23(30)26-20(13)28)21-19(33-22(29)14-9-7-6-8-10-14)18-17(35-25(4,5)36-18)16-15(32-21)12-31-24(2,3)34-16/h6-11,15-19,21H,12H2,1-5H3,(H,26,28,30)/t15?,16-,17+,18?,19?,21-/m1/s1. The third kappa shape index (κ3) is 4.64. The number of hydrogen-bond acceptors (Lipinski definition) is 9. The number of rotatable bonds is 3. The molecule has 0 saturated carbocycles. The molecule has 11 nitrogen and oxygen atoms in total. The molecule has 0 bridgehead atoms. The molecule has 1 aromatic heterocycles. The second-order valence-corrected chi connectivity index (χ2v) is 10.1. The molecule has 5 rings (SSSR count). The molecule has 3 unspecified atom stereocenters. The number of benzene rings is 1. The van der Waals surface area contributed by atoms with Crippen molar-refractivity contribution in [1.82, 2.24) is 9.55 Å². The van der Waals surface area contributed by atoms with Gasteiger partial charge in [-0.15, -0.1) is 0 Å². The van der Waals surface area contributed by atoms with Gasteiger partial charge in [0, 0.05) is 11.8 Å². The molecule has 4 heterocycles. The zero-order valence-corrected chi connectivity index (χ0v) is 20.8. The first-order valence-corrected chi connectivity index (χ1v) is 11.9. The largest absolute Gasteiger partial charge is 0.451 e. The van der Waals surface area contributed by atoms with E-state index in [-0.39, 0.29) is 12.2 Å². The summed E-state index contributed by atoms with van der Waals surface area (Å²) in [7, 11) is 0. The number of hydrogen-bond donors (Lipinski definition) is 1. The van der Waals surface area contributed by atoms with Crippen molar-refractivity contribution in [2.75, 3.05) is 6.61 Å². The maximum absolute atomic E-state index is 13.2. The van der Waals surface area contributed by atoms with Crippen molar-refractivity contribution in [3.8, 4) is 0 Å². The summed E-state index contributed by atoms with van der Waals surface area (Å²) in [4.78, 5) is 40.5. The summed E-state index contributed by atoms with van der Waals surface area (Å²) in [6, 6.07) is 8.47. The lowest BCUT2D eigenvalue weighted by atomic mass is 9.99. The lowest BCUT2D eigenvalue weighted by Crippen LogP contribution is -2.55. The molecular weight excluding hydrogens is 472 g/mol. The Morgan fingerprint density at radius 3 is 2.39 bits per heavy atom. The predicted molar refractivity (Wildman–Crippen MR) is 124 cm³/mol. The molecule has 36 heavy (non-hydrogen) atoms. The van der Waals surface area contributed by atoms with E-state index in [0.29, 0.717) is 5.56 Å². The van der Waals surface area contributed by atoms with Crippen molar-refractivity contribution in [3.05, 3.63) is 68.5 Å². The zero-order valence-electron chi connectivity index (χ0n) is 20.8. The molecule has 0 spiro atoms.